The molecular weight excluding hydrogens is 334 g/mol. The third-order valence-electron chi connectivity index (χ3n) is 3.85. The fourth-order valence-electron chi connectivity index (χ4n) is 2.26. The number of carbonyl (C=O) groups excluding carboxylic acids is 2. The predicted molar refractivity (Wildman–Crippen MR) is 105 cm³/mol. The van der Waals surface area contributed by atoms with Crippen LogP contribution in [0.25, 0.3) is 0 Å². The SMILES string of the molecule is CC(=O)N(C)c1ccc(NC(=S)NC(=O)Cc2ccccc2C)cc1. The molecule has 130 valence electrons. The number of benzene rings is 2. The first-order valence-electron chi connectivity index (χ1n) is 7.86. The minimum atomic E-state index is -0.167. The lowest BCUT2D eigenvalue weighted by molar-refractivity contribution is -0.119. The van der Waals surface area contributed by atoms with Crippen LogP contribution in [0.4, 0.5) is 11.4 Å². The second-order valence-corrected chi connectivity index (χ2v) is 6.14. The summed E-state index contributed by atoms with van der Waals surface area (Å²) in [5, 5.41) is 5.88. The molecule has 0 atom stereocenters. The Morgan fingerprint density at radius 2 is 1.72 bits per heavy atom. The first-order chi connectivity index (χ1) is 11.9. The summed E-state index contributed by atoms with van der Waals surface area (Å²) in [6.45, 7) is 3.48. The molecule has 5 nitrogen and oxygen atoms in total. The molecule has 0 aliphatic rings. The molecule has 2 amide bonds. The second-order valence-electron chi connectivity index (χ2n) is 5.73. The molecule has 0 unspecified atom stereocenters. The van der Waals surface area contributed by atoms with Crippen LogP contribution in [0.15, 0.2) is 48.5 Å². The van der Waals surface area contributed by atoms with Crippen molar-refractivity contribution in [1.82, 2.24) is 5.32 Å². The summed E-state index contributed by atoms with van der Waals surface area (Å²) < 4.78 is 0. The molecule has 0 radical (unpaired) electrons. The number of carbonyl (C=O) groups is 2. The zero-order valence-electron chi connectivity index (χ0n) is 14.5. The fourth-order valence-corrected chi connectivity index (χ4v) is 2.50. The molecule has 0 bridgehead atoms. The van der Waals surface area contributed by atoms with Gasteiger partial charge in [-0.25, -0.2) is 0 Å². The first kappa shape index (κ1) is 18.6. The van der Waals surface area contributed by atoms with Crippen LogP contribution >= 0.6 is 12.2 Å². The number of aryl methyl sites for hydroxylation is 1. The van der Waals surface area contributed by atoms with Gasteiger partial charge in [-0.05, 0) is 54.5 Å². The molecule has 0 aromatic heterocycles. The van der Waals surface area contributed by atoms with Crippen LogP contribution in [-0.4, -0.2) is 24.0 Å². The van der Waals surface area contributed by atoms with Gasteiger partial charge in [0.25, 0.3) is 0 Å². The Morgan fingerprint density at radius 3 is 2.32 bits per heavy atom. The van der Waals surface area contributed by atoms with Crippen molar-refractivity contribution in [2.75, 3.05) is 17.3 Å². The summed E-state index contributed by atoms with van der Waals surface area (Å²) in [5.41, 5.74) is 3.57. The molecule has 0 aliphatic heterocycles. The van der Waals surface area contributed by atoms with Crippen molar-refractivity contribution in [2.45, 2.75) is 20.3 Å². The van der Waals surface area contributed by atoms with E-state index in [1.165, 1.54) is 6.92 Å². The van der Waals surface area contributed by atoms with E-state index in [0.717, 1.165) is 22.5 Å². The van der Waals surface area contributed by atoms with Gasteiger partial charge in [0.1, 0.15) is 0 Å². The minimum Gasteiger partial charge on any atom is -0.332 e. The van der Waals surface area contributed by atoms with Crippen LogP contribution in [-0.2, 0) is 16.0 Å². The average Bonchev–Trinajstić information content (AvgIpc) is 2.56. The molecule has 0 heterocycles. The predicted octanol–water partition coefficient (Wildman–Crippen LogP) is 3.03. The van der Waals surface area contributed by atoms with E-state index in [0.29, 0.717) is 0 Å². The zero-order chi connectivity index (χ0) is 18.4. The summed E-state index contributed by atoms with van der Waals surface area (Å²) in [4.78, 5) is 25.0. The van der Waals surface area contributed by atoms with Crippen LogP contribution in [0.3, 0.4) is 0 Å². The number of nitrogens with zero attached hydrogens (tertiary/aromatic N) is 1. The number of nitrogens with one attached hydrogen (secondary N) is 2. The molecule has 0 saturated carbocycles. The molecular formula is C19H21N3O2S. The van der Waals surface area contributed by atoms with Crippen molar-refractivity contribution in [3.05, 3.63) is 59.7 Å². The van der Waals surface area contributed by atoms with Crippen molar-refractivity contribution in [2.24, 2.45) is 0 Å². The fraction of sp³-hybridized carbons (Fsp3) is 0.211. The van der Waals surface area contributed by atoms with Gasteiger partial charge in [0, 0.05) is 25.3 Å². The molecule has 6 heteroatoms. The summed E-state index contributed by atoms with van der Waals surface area (Å²) in [6.07, 6.45) is 0.275. The maximum atomic E-state index is 12.1. The van der Waals surface area contributed by atoms with Crippen LogP contribution in [0.1, 0.15) is 18.1 Å². The Hall–Kier alpha value is -2.73. The van der Waals surface area contributed by atoms with Gasteiger partial charge in [-0.15, -0.1) is 0 Å². The molecule has 0 spiro atoms. The largest absolute Gasteiger partial charge is 0.332 e. The molecule has 2 aromatic carbocycles. The molecule has 0 saturated heterocycles. The third kappa shape index (κ3) is 5.39. The van der Waals surface area contributed by atoms with Crippen LogP contribution in [0, 0.1) is 6.92 Å². The van der Waals surface area contributed by atoms with Gasteiger partial charge in [0.15, 0.2) is 5.11 Å². The second kappa shape index (κ2) is 8.39. The normalized spacial score (nSPS) is 10.0. The monoisotopic (exact) mass is 355 g/mol. The Morgan fingerprint density at radius 1 is 1.08 bits per heavy atom. The number of rotatable bonds is 4. The highest BCUT2D eigenvalue weighted by atomic mass is 32.1. The molecule has 2 aromatic rings. The smallest absolute Gasteiger partial charge is 0.230 e. The lowest BCUT2D eigenvalue weighted by Gasteiger charge is -2.16. The summed E-state index contributed by atoms with van der Waals surface area (Å²) in [6, 6.07) is 15.0. The minimum absolute atomic E-state index is 0.0419. The molecule has 0 aliphatic carbocycles. The molecule has 2 rings (SSSR count). The van der Waals surface area contributed by atoms with Gasteiger partial charge in [0.2, 0.25) is 11.8 Å². The quantitative estimate of drug-likeness (QED) is 0.828. The summed E-state index contributed by atoms with van der Waals surface area (Å²) in [5.74, 6) is -0.209. The maximum absolute atomic E-state index is 12.1. The van der Waals surface area contributed by atoms with E-state index in [1.807, 2.05) is 43.3 Å². The highest BCUT2D eigenvalue weighted by Crippen LogP contribution is 2.17. The van der Waals surface area contributed by atoms with Gasteiger partial charge in [-0.3, -0.25) is 9.59 Å². The van der Waals surface area contributed by atoms with Gasteiger partial charge in [-0.1, -0.05) is 24.3 Å². The number of hydrogen-bond acceptors (Lipinski definition) is 3. The topological polar surface area (TPSA) is 61.4 Å². The molecule has 25 heavy (non-hydrogen) atoms. The van der Waals surface area contributed by atoms with Gasteiger partial charge < -0.3 is 15.5 Å². The Labute approximate surface area is 153 Å². The van der Waals surface area contributed by atoms with Crippen molar-refractivity contribution in [3.8, 4) is 0 Å². The van der Waals surface area contributed by atoms with Crippen LogP contribution in [0.5, 0.6) is 0 Å². The molecule has 0 fully saturated rings. The number of anilines is 2. The van der Waals surface area contributed by atoms with E-state index in [4.69, 9.17) is 12.2 Å². The van der Waals surface area contributed by atoms with E-state index < -0.39 is 0 Å². The van der Waals surface area contributed by atoms with E-state index in [-0.39, 0.29) is 23.3 Å². The number of hydrogen-bond donors (Lipinski definition) is 2. The highest BCUT2D eigenvalue weighted by Gasteiger charge is 2.09. The zero-order valence-corrected chi connectivity index (χ0v) is 15.3. The van der Waals surface area contributed by atoms with Crippen molar-refractivity contribution in [3.63, 3.8) is 0 Å². The van der Waals surface area contributed by atoms with Crippen molar-refractivity contribution < 1.29 is 9.59 Å². The number of thiocarbonyl (C=S) groups is 1. The number of amides is 2. The average molecular weight is 355 g/mol. The Kier molecular flexibility index (Phi) is 6.25. The Balaban J connectivity index is 1.90. The van der Waals surface area contributed by atoms with E-state index in [2.05, 4.69) is 10.6 Å². The highest BCUT2D eigenvalue weighted by molar-refractivity contribution is 7.80. The summed E-state index contributed by atoms with van der Waals surface area (Å²) in [7, 11) is 1.71. The van der Waals surface area contributed by atoms with E-state index >= 15 is 0 Å². The van der Waals surface area contributed by atoms with Crippen LogP contribution in [0.2, 0.25) is 0 Å². The van der Waals surface area contributed by atoms with E-state index in [1.54, 1.807) is 24.1 Å². The van der Waals surface area contributed by atoms with E-state index in [9.17, 15) is 9.59 Å². The van der Waals surface area contributed by atoms with Crippen LogP contribution < -0.4 is 15.5 Å². The van der Waals surface area contributed by atoms with Crippen molar-refractivity contribution in [1.29, 1.82) is 0 Å². The lowest BCUT2D eigenvalue weighted by Crippen LogP contribution is -2.35. The maximum Gasteiger partial charge on any atom is 0.230 e. The first-order valence-corrected chi connectivity index (χ1v) is 8.27. The Bertz CT molecular complexity index is 788. The third-order valence-corrected chi connectivity index (χ3v) is 4.05. The molecule has 2 N–H and O–H groups in total. The van der Waals surface area contributed by atoms with Gasteiger partial charge in [0.05, 0.1) is 6.42 Å². The van der Waals surface area contributed by atoms with Gasteiger partial charge >= 0.3 is 0 Å². The standard InChI is InChI=1S/C19H21N3O2S/c1-13-6-4-5-7-15(13)12-18(24)21-19(25)20-16-8-10-17(11-9-16)22(3)14(2)23/h4-11H,12H2,1-3H3,(H2,20,21,24,25). The summed E-state index contributed by atoms with van der Waals surface area (Å²) >= 11 is 5.18. The lowest BCUT2D eigenvalue weighted by atomic mass is 10.1. The van der Waals surface area contributed by atoms with Crippen molar-refractivity contribution >= 4 is 40.5 Å². The van der Waals surface area contributed by atoms with Gasteiger partial charge in [-0.2, -0.15) is 0 Å².